The predicted molar refractivity (Wildman–Crippen MR) is 144 cm³/mol. The number of benzene rings is 2. The fourth-order valence-electron chi connectivity index (χ4n) is 3.62. The zero-order valence-corrected chi connectivity index (χ0v) is 22.6. The van der Waals surface area contributed by atoms with Gasteiger partial charge in [0.25, 0.3) is 10.2 Å². The van der Waals surface area contributed by atoms with Gasteiger partial charge in [0.1, 0.15) is 17.5 Å². The standard InChI is InChI=1S/C26H32N4O12/c31-24(32)23(28-26(34)42-22-14-10-20(11-15-22)6-4-18-40-30(37)38)7-1-2-16-27-25(33)41-21-12-8-19(9-13-21)5-3-17-39-29(35)36/h8-15,23H,1-7,16-18H2,(H,27,33)(H,28,34)(H,31,32). The van der Waals surface area contributed by atoms with Crippen molar-refractivity contribution >= 4 is 18.2 Å². The van der Waals surface area contributed by atoms with Crippen molar-refractivity contribution in [2.45, 2.75) is 51.0 Å². The summed E-state index contributed by atoms with van der Waals surface area (Å²) in [7, 11) is 0. The summed E-state index contributed by atoms with van der Waals surface area (Å²) in [5, 5.41) is 32.9. The van der Waals surface area contributed by atoms with E-state index in [1.54, 1.807) is 36.4 Å². The van der Waals surface area contributed by atoms with Crippen molar-refractivity contribution in [1.82, 2.24) is 10.6 Å². The highest BCUT2D eigenvalue weighted by Crippen LogP contribution is 2.15. The van der Waals surface area contributed by atoms with E-state index >= 15 is 0 Å². The fraction of sp³-hybridized carbons (Fsp3) is 0.423. The third kappa shape index (κ3) is 14.3. The lowest BCUT2D eigenvalue weighted by molar-refractivity contribution is -0.757. The van der Waals surface area contributed by atoms with E-state index in [9.17, 15) is 39.7 Å². The van der Waals surface area contributed by atoms with Crippen LogP contribution >= 0.6 is 0 Å². The number of aryl methyl sites for hydroxylation is 2. The van der Waals surface area contributed by atoms with E-state index in [2.05, 4.69) is 20.3 Å². The first kappa shape index (κ1) is 33.1. The Morgan fingerprint density at radius 3 is 1.67 bits per heavy atom. The summed E-state index contributed by atoms with van der Waals surface area (Å²) in [4.78, 5) is 64.5. The maximum Gasteiger partial charge on any atom is 0.413 e. The third-order valence-electron chi connectivity index (χ3n) is 5.66. The smallest absolute Gasteiger partial charge is 0.413 e. The second-order valence-electron chi connectivity index (χ2n) is 8.85. The molecule has 0 aliphatic heterocycles. The first-order valence-electron chi connectivity index (χ1n) is 13.0. The van der Waals surface area contributed by atoms with Crippen LogP contribution in [0, 0.1) is 20.2 Å². The lowest BCUT2D eigenvalue weighted by Gasteiger charge is -2.14. The van der Waals surface area contributed by atoms with E-state index in [1.165, 1.54) is 12.1 Å². The average molecular weight is 593 g/mol. The number of rotatable bonds is 19. The normalized spacial score (nSPS) is 11.0. The van der Waals surface area contributed by atoms with Crippen molar-refractivity contribution in [2.24, 2.45) is 0 Å². The number of unbranched alkanes of at least 4 members (excludes halogenated alkanes) is 1. The number of carboxylic acid groups (broad SMARTS) is 1. The molecule has 0 heterocycles. The molecular weight excluding hydrogens is 560 g/mol. The molecule has 0 aliphatic rings. The molecule has 2 aromatic carbocycles. The van der Waals surface area contributed by atoms with E-state index in [0.29, 0.717) is 44.3 Å². The van der Waals surface area contributed by atoms with Crippen LogP contribution in [0.3, 0.4) is 0 Å². The highest BCUT2D eigenvalue weighted by atomic mass is 17.0. The summed E-state index contributed by atoms with van der Waals surface area (Å²) in [6.07, 6.45) is 1.25. The quantitative estimate of drug-likeness (QED) is 0.121. The van der Waals surface area contributed by atoms with Gasteiger partial charge in [0, 0.05) is 6.54 Å². The van der Waals surface area contributed by atoms with Crippen LogP contribution in [0.25, 0.3) is 0 Å². The summed E-state index contributed by atoms with van der Waals surface area (Å²) >= 11 is 0. The zero-order chi connectivity index (χ0) is 30.7. The van der Waals surface area contributed by atoms with E-state index in [4.69, 9.17) is 9.47 Å². The van der Waals surface area contributed by atoms with Gasteiger partial charge in [-0.05, 0) is 80.3 Å². The van der Waals surface area contributed by atoms with Crippen molar-refractivity contribution in [1.29, 1.82) is 0 Å². The van der Waals surface area contributed by atoms with Gasteiger partial charge in [0.05, 0.1) is 13.2 Å². The van der Waals surface area contributed by atoms with Gasteiger partial charge < -0.3 is 34.9 Å². The van der Waals surface area contributed by atoms with Crippen LogP contribution < -0.4 is 20.1 Å². The Balaban J connectivity index is 1.63. The van der Waals surface area contributed by atoms with E-state index in [1.807, 2.05) is 0 Å². The molecule has 0 aliphatic carbocycles. The summed E-state index contributed by atoms with van der Waals surface area (Å²) in [5.74, 6) is -0.731. The minimum atomic E-state index is -1.24. The zero-order valence-electron chi connectivity index (χ0n) is 22.6. The minimum Gasteiger partial charge on any atom is -0.480 e. The van der Waals surface area contributed by atoms with Gasteiger partial charge in [0.15, 0.2) is 0 Å². The summed E-state index contributed by atoms with van der Waals surface area (Å²) in [6.45, 7) is 0.176. The fourth-order valence-corrected chi connectivity index (χ4v) is 3.62. The van der Waals surface area contributed by atoms with Gasteiger partial charge in [-0.1, -0.05) is 24.3 Å². The second-order valence-corrected chi connectivity index (χ2v) is 8.85. The minimum absolute atomic E-state index is 0.00835. The summed E-state index contributed by atoms with van der Waals surface area (Å²) < 4.78 is 10.3. The third-order valence-corrected chi connectivity index (χ3v) is 5.66. The van der Waals surface area contributed by atoms with E-state index < -0.39 is 34.4 Å². The molecule has 228 valence electrons. The number of nitrogens with zero attached hydrogens (tertiary/aromatic N) is 2. The van der Waals surface area contributed by atoms with Gasteiger partial charge in [-0.25, -0.2) is 14.4 Å². The Kier molecular flexibility index (Phi) is 14.4. The van der Waals surface area contributed by atoms with Gasteiger partial charge in [-0.2, -0.15) is 0 Å². The van der Waals surface area contributed by atoms with Gasteiger partial charge in [-0.3, -0.25) is 0 Å². The number of carboxylic acids is 1. The molecule has 42 heavy (non-hydrogen) atoms. The Bertz CT molecular complexity index is 1170. The molecule has 0 fully saturated rings. The van der Waals surface area contributed by atoms with Crippen LogP contribution in [0.2, 0.25) is 0 Å². The molecule has 3 N–H and O–H groups in total. The number of ether oxygens (including phenoxy) is 2. The van der Waals surface area contributed by atoms with Crippen LogP contribution in [0.15, 0.2) is 48.5 Å². The monoisotopic (exact) mass is 592 g/mol. The maximum absolute atomic E-state index is 12.2. The number of carbonyl (C=O) groups is 3. The highest BCUT2D eigenvalue weighted by Gasteiger charge is 2.20. The van der Waals surface area contributed by atoms with Crippen molar-refractivity contribution in [2.75, 3.05) is 19.8 Å². The molecule has 1 unspecified atom stereocenters. The number of hydrogen-bond acceptors (Lipinski definition) is 11. The molecule has 2 amide bonds. The largest absolute Gasteiger partial charge is 0.480 e. The molecule has 0 saturated carbocycles. The Morgan fingerprint density at radius 1 is 0.738 bits per heavy atom. The number of hydrogen-bond donors (Lipinski definition) is 3. The lowest BCUT2D eigenvalue weighted by atomic mass is 10.1. The summed E-state index contributed by atoms with van der Waals surface area (Å²) in [6, 6.07) is 11.9. The molecular formula is C26H32N4O12. The number of amides is 2. The molecule has 2 rings (SSSR count). The van der Waals surface area contributed by atoms with Crippen LogP contribution in [0.4, 0.5) is 9.59 Å². The lowest BCUT2D eigenvalue weighted by Crippen LogP contribution is -2.42. The molecule has 0 spiro atoms. The topological polar surface area (TPSA) is 219 Å². The number of carbonyl (C=O) groups excluding carboxylic acids is 2. The second kappa shape index (κ2) is 18.2. The molecule has 2 aromatic rings. The molecule has 0 radical (unpaired) electrons. The first-order valence-corrected chi connectivity index (χ1v) is 13.0. The Morgan fingerprint density at radius 2 is 1.21 bits per heavy atom. The van der Waals surface area contributed by atoms with Crippen molar-refractivity contribution in [3.63, 3.8) is 0 Å². The molecule has 0 saturated heterocycles. The van der Waals surface area contributed by atoms with Gasteiger partial charge in [0.2, 0.25) is 0 Å². The Labute approximate surface area is 240 Å². The number of aliphatic carboxylic acids is 1. The van der Waals surface area contributed by atoms with E-state index in [-0.39, 0.29) is 31.9 Å². The summed E-state index contributed by atoms with van der Waals surface area (Å²) in [5.41, 5.74) is 1.75. The molecule has 0 bridgehead atoms. The highest BCUT2D eigenvalue weighted by molar-refractivity contribution is 5.80. The first-order chi connectivity index (χ1) is 20.1. The molecule has 16 heteroatoms. The van der Waals surface area contributed by atoms with Gasteiger partial charge >= 0.3 is 18.2 Å². The Hall–Kier alpha value is -5.15. The van der Waals surface area contributed by atoms with Crippen molar-refractivity contribution in [3.8, 4) is 11.5 Å². The van der Waals surface area contributed by atoms with Crippen LogP contribution in [-0.2, 0) is 27.3 Å². The maximum atomic E-state index is 12.2. The van der Waals surface area contributed by atoms with E-state index in [0.717, 1.165) is 11.1 Å². The molecule has 16 nitrogen and oxygen atoms in total. The van der Waals surface area contributed by atoms with Crippen LogP contribution in [0.1, 0.15) is 43.2 Å². The molecule has 0 aromatic heterocycles. The van der Waals surface area contributed by atoms with Gasteiger partial charge in [-0.15, -0.1) is 20.2 Å². The van der Waals surface area contributed by atoms with Crippen molar-refractivity contribution in [3.05, 3.63) is 79.9 Å². The number of nitrogens with one attached hydrogen (secondary N) is 2. The average Bonchev–Trinajstić information content (AvgIpc) is 2.94. The van der Waals surface area contributed by atoms with Crippen LogP contribution in [0.5, 0.6) is 11.5 Å². The van der Waals surface area contributed by atoms with Crippen LogP contribution in [-0.4, -0.2) is 59.2 Å². The molecule has 1 atom stereocenters. The predicted octanol–water partition coefficient (Wildman–Crippen LogP) is 3.47. The van der Waals surface area contributed by atoms with Crippen molar-refractivity contribution < 1.29 is 48.8 Å². The SMILES string of the molecule is O=C(NCCCCC(NC(=O)Oc1ccc(CCCO[N+](=O)[O-])cc1)C(=O)O)Oc1ccc(CCCO[N+](=O)[O-])cc1.